The third kappa shape index (κ3) is 3.89. The van der Waals surface area contributed by atoms with E-state index in [-0.39, 0.29) is 0 Å². The van der Waals surface area contributed by atoms with Gasteiger partial charge in [0.25, 0.3) is 0 Å². The van der Waals surface area contributed by atoms with Crippen molar-refractivity contribution in [1.82, 2.24) is 0 Å². The Hall–Kier alpha value is -1.29. The molecular weight excluding hydrogens is 234 g/mol. The van der Waals surface area contributed by atoms with Crippen LogP contribution in [0.2, 0.25) is 0 Å². The highest BCUT2D eigenvalue weighted by atomic mass is 32.1. The first-order valence-corrected chi connectivity index (χ1v) is 6.75. The standard InChI is InChI=1S/C13H19NO2S/c1-3-5-6-9-14(8-4-2)11-7-10-17-12(11)13(15)16/h4,7,10H,2-3,5-6,8-9H2,1H3,(H,15,16). The maximum atomic E-state index is 11.1. The monoisotopic (exact) mass is 253 g/mol. The van der Waals surface area contributed by atoms with Gasteiger partial charge >= 0.3 is 5.97 Å². The molecule has 1 aromatic heterocycles. The number of nitrogens with zero attached hydrogens (tertiary/aromatic N) is 1. The molecule has 94 valence electrons. The molecule has 0 atom stereocenters. The van der Waals surface area contributed by atoms with Crippen LogP contribution in [0, 0.1) is 0 Å². The molecule has 0 aliphatic rings. The van der Waals surface area contributed by atoms with E-state index in [0.717, 1.165) is 25.1 Å². The number of carboxylic acid groups (broad SMARTS) is 1. The highest BCUT2D eigenvalue weighted by Crippen LogP contribution is 2.26. The topological polar surface area (TPSA) is 40.5 Å². The van der Waals surface area contributed by atoms with Gasteiger partial charge in [-0.25, -0.2) is 4.79 Å². The quantitative estimate of drug-likeness (QED) is 0.568. The van der Waals surface area contributed by atoms with Crippen LogP contribution in [0.3, 0.4) is 0 Å². The average Bonchev–Trinajstić information content (AvgIpc) is 2.77. The summed E-state index contributed by atoms with van der Waals surface area (Å²) in [6.07, 6.45) is 5.23. The van der Waals surface area contributed by atoms with Crippen molar-refractivity contribution < 1.29 is 9.90 Å². The van der Waals surface area contributed by atoms with Crippen molar-refractivity contribution in [2.45, 2.75) is 26.2 Å². The Balaban J connectivity index is 2.77. The van der Waals surface area contributed by atoms with Crippen molar-refractivity contribution in [3.8, 4) is 0 Å². The van der Waals surface area contributed by atoms with Crippen LogP contribution in [0.25, 0.3) is 0 Å². The summed E-state index contributed by atoms with van der Waals surface area (Å²) >= 11 is 1.28. The molecule has 1 rings (SSSR count). The number of thiophene rings is 1. The van der Waals surface area contributed by atoms with Gasteiger partial charge in [0.1, 0.15) is 4.88 Å². The fourth-order valence-corrected chi connectivity index (χ4v) is 2.48. The second-order valence-corrected chi connectivity index (χ2v) is 4.80. The summed E-state index contributed by atoms with van der Waals surface area (Å²) in [6, 6.07) is 1.88. The van der Waals surface area contributed by atoms with E-state index >= 15 is 0 Å². The first kappa shape index (κ1) is 13.8. The number of hydrogen-bond donors (Lipinski definition) is 1. The van der Waals surface area contributed by atoms with Crippen LogP contribution in [-0.4, -0.2) is 24.2 Å². The lowest BCUT2D eigenvalue weighted by molar-refractivity contribution is 0.0703. The highest BCUT2D eigenvalue weighted by molar-refractivity contribution is 7.12. The van der Waals surface area contributed by atoms with Gasteiger partial charge in [-0.15, -0.1) is 17.9 Å². The van der Waals surface area contributed by atoms with Crippen molar-refractivity contribution in [3.05, 3.63) is 29.0 Å². The molecule has 1 N–H and O–H groups in total. The largest absolute Gasteiger partial charge is 0.477 e. The van der Waals surface area contributed by atoms with Crippen molar-refractivity contribution in [2.75, 3.05) is 18.0 Å². The second-order valence-electron chi connectivity index (χ2n) is 3.88. The third-order valence-corrected chi connectivity index (χ3v) is 3.45. The molecule has 0 amide bonds. The summed E-state index contributed by atoms with van der Waals surface area (Å²) in [5.74, 6) is -0.848. The Labute approximate surface area is 106 Å². The Bertz CT molecular complexity index is 373. The lowest BCUT2D eigenvalue weighted by atomic mass is 10.2. The van der Waals surface area contributed by atoms with Crippen molar-refractivity contribution in [2.24, 2.45) is 0 Å². The summed E-state index contributed by atoms with van der Waals surface area (Å²) in [5.41, 5.74) is 0.818. The van der Waals surface area contributed by atoms with Crippen LogP contribution in [0.15, 0.2) is 24.1 Å². The smallest absolute Gasteiger partial charge is 0.348 e. The molecule has 17 heavy (non-hydrogen) atoms. The molecule has 0 aliphatic heterocycles. The van der Waals surface area contributed by atoms with Crippen LogP contribution in [0.4, 0.5) is 5.69 Å². The average molecular weight is 253 g/mol. The summed E-state index contributed by atoms with van der Waals surface area (Å²) < 4.78 is 0. The highest BCUT2D eigenvalue weighted by Gasteiger charge is 2.16. The van der Waals surface area contributed by atoms with E-state index in [9.17, 15) is 4.79 Å². The van der Waals surface area contributed by atoms with Crippen LogP contribution >= 0.6 is 11.3 Å². The van der Waals surface area contributed by atoms with Gasteiger partial charge in [-0.1, -0.05) is 25.8 Å². The normalized spacial score (nSPS) is 10.2. The first-order chi connectivity index (χ1) is 8.20. The van der Waals surface area contributed by atoms with Crippen molar-refractivity contribution in [3.63, 3.8) is 0 Å². The number of aromatic carboxylic acids is 1. The molecule has 0 aliphatic carbocycles. The number of carboxylic acids is 1. The minimum atomic E-state index is -0.848. The Kier molecular flexibility index (Phi) is 5.77. The molecule has 4 heteroatoms. The summed E-state index contributed by atoms with van der Waals surface area (Å²) in [4.78, 5) is 13.6. The second kappa shape index (κ2) is 7.12. The number of hydrogen-bond acceptors (Lipinski definition) is 3. The predicted octanol–water partition coefficient (Wildman–Crippen LogP) is 3.63. The SMILES string of the molecule is C=CCN(CCCCC)c1ccsc1C(=O)O. The fourth-order valence-electron chi connectivity index (χ4n) is 1.73. The number of unbranched alkanes of at least 4 members (excludes halogenated alkanes) is 2. The number of carbonyl (C=O) groups is 1. The third-order valence-electron chi connectivity index (χ3n) is 2.56. The van der Waals surface area contributed by atoms with E-state index in [1.54, 1.807) is 0 Å². The molecule has 0 unspecified atom stereocenters. The Morgan fingerprint density at radius 1 is 1.59 bits per heavy atom. The van der Waals surface area contributed by atoms with E-state index in [2.05, 4.69) is 18.4 Å². The number of rotatable bonds is 8. The Morgan fingerprint density at radius 3 is 2.94 bits per heavy atom. The summed E-state index contributed by atoms with van der Waals surface area (Å²) in [7, 11) is 0. The van der Waals surface area contributed by atoms with Gasteiger partial charge in [0.2, 0.25) is 0 Å². The van der Waals surface area contributed by atoms with Gasteiger partial charge in [-0.2, -0.15) is 0 Å². The van der Waals surface area contributed by atoms with Crippen LogP contribution in [0.5, 0.6) is 0 Å². The molecule has 0 saturated heterocycles. The van der Waals surface area contributed by atoms with Crippen LogP contribution < -0.4 is 4.90 Å². The van der Waals surface area contributed by atoms with E-state index in [4.69, 9.17) is 5.11 Å². The van der Waals surface area contributed by atoms with Crippen LogP contribution in [0.1, 0.15) is 35.9 Å². The molecule has 0 fully saturated rings. The van der Waals surface area contributed by atoms with E-state index in [1.807, 2.05) is 17.5 Å². The molecule has 0 spiro atoms. The molecule has 0 saturated carbocycles. The van der Waals surface area contributed by atoms with Gasteiger partial charge in [0.15, 0.2) is 0 Å². The van der Waals surface area contributed by atoms with Gasteiger partial charge in [-0.3, -0.25) is 0 Å². The maximum Gasteiger partial charge on any atom is 0.348 e. The molecule has 1 heterocycles. The van der Waals surface area contributed by atoms with Gasteiger partial charge in [0.05, 0.1) is 5.69 Å². The number of anilines is 1. The van der Waals surface area contributed by atoms with Gasteiger partial charge in [-0.05, 0) is 17.9 Å². The van der Waals surface area contributed by atoms with E-state index in [1.165, 1.54) is 17.8 Å². The minimum absolute atomic E-state index is 0.420. The first-order valence-electron chi connectivity index (χ1n) is 5.87. The zero-order chi connectivity index (χ0) is 12.7. The molecule has 1 aromatic rings. The zero-order valence-corrected chi connectivity index (χ0v) is 11.0. The van der Waals surface area contributed by atoms with E-state index in [0.29, 0.717) is 11.4 Å². The van der Waals surface area contributed by atoms with Crippen LogP contribution in [-0.2, 0) is 0 Å². The molecule has 0 radical (unpaired) electrons. The van der Waals surface area contributed by atoms with Gasteiger partial charge in [0, 0.05) is 13.1 Å². The predicted molar refractivity (Wildman–Crippen MR) is 73.2 cm³/mol. The minimum Gasteiger partial charge on any atom is -0.477 e. The van der Waals surface area contributed by atoms with E-state index < -0.39 is 5.97 Å². The molecule has 0 aromatic carbocycles. The van der Waals surface area contributed by atoms with Crippen molar-refractivity contribution in [1.29, 1.82) is 0 Å². The molecular formula is C13H19NO2S. The molecule has 0 bridgehead atoms. The molecule has 3 nitrogen and oxygen atoms in total. The summed E-state index contributed by atoms with van der Waals surface area (Å²) in [5, 5.41) is 10.9. The Morgan fingerprint density at radius 2 is 2.35 bits per heavy atom. The lowest BCUT2D eigenvalue weighted by Gasteiger charge is -2.22. The zero-order valence-electron chi connectivity index (χ0n) is 10.2. The van der Waals surface area contributed by atoms with Crippen molar-refractivity contribution >= 4 is 23.0 Å². The maximum absolute atomic E-state index is 11.1. The summed E-state index contributed by atoms with van der Waals surface area (Å²) in [6.45, 7) is 7.47. The fraction of sp³-hybridized carbons (Fsp3) is 0.462. The lowest BCUT2D eigenvalue weighted by Crippen LogP contribution is -2.25. The van der Waals surface area contributed by atoms with Gasteiger partial charge < -0.3 is 10.0 Å².